The standard InChI is InChI=1S/C14H21ClN2O/c1-9-12(15)5-11(6-14(9)18-3)13-4-10(7-16)8-17(13)2/h5-6,10,13H,4,7-8,16H2,1-3H3. The molecule has 2 unspecified atom stereocenters. The predicted molar refractivity (Wildman–Crippen MR) is 75.3 cm³/mol. The molecule has 1 heterocycles. The fourth-order valence-corrected chi connectivity index (χ4v) is 2.96. The molecule has 0 aromatic heterocycles. The van der Waals surface area contributed by atoms with Crippen LogP contribution in [0.15, 0.2) is 12.1 Å². The van der Waals surface area contributed by atoms with E-state index in [1.165, 1.54) is 5.56 Å². The molecule has 1 aromatic carbocycles. The van der Waals surface area contributed by atoms with E-state index >= 15 is 0 Å². The van der Waals surface area contributed by atoms with Crippen molar-refractivity contribution in [1.29, 1.82) is 0 Å². The predicted octanol–water partition coefficient (Wildman–Crippen LogP) is 2.61. The van der Waals surface area contributed by atoms with E-state index in [0.29, 0.717) is 12.0 Å². The molecule has 1 aliphatic rings. The maximum absolute atomic E-state index is 6.27. The Kier molecular flexibility index (Phi) is 4.15. The molecule has 1 aromatic rings. The molecular weight excluding hydrogens is 248 g/mol. The van der Waals surface area contributed by atoms with E-state index in [1.54, 1.807) is 7.11 Å². The van der Waals surface area contributed by atoms with E-state index < -0.39 is 0 Å². The van der Waals surface area contributed by atoms with Crippen LogP contribution in [0.2, 0.25) is 5.02 Å². The third-order valence-electron chi connectivity index (χ3n) is 3.89. The van der Waals surface area contributed by atoms with Gasteiger partial charge in [0.25, 0.3) is 0 Å². The average molecular weight is 269 g/mol. The molecule has 0 bridgehead atoms. The summed E-state index contributed by atoms with van der Waals surface area (Å²) >= 11 is 6.27. The van der Waals surface area contributed by atoms with Crippen LogP contribution >= 0.6 is 11.6 Å². The van der Waals surface area contributed by atoms with Crippen molar-refractivity contribution in [2.24, 2.45) is 11.7 Å². The fourth-order valence-electron chi connectivity index (χ4n) is 2.74. The Morgan fingerprint density at radius 3 is 2.78 bits per heavy atom. The van der Waals surface area contributed by atoms with E-state index in [4.69, 9.17) is 22.1 Å². The smallest absolute Gasteiger partial charge is 0.123 e. The minimum atomic E-state index is 0.394. The summed E-state index contributed by atoms with van der Waals surface area (Å²) in [6.07, 6.45) is 1.09. The van der Waals surface area contributed by atoms with Crippen molar-refractivity contribution in [3.8, 4) is 5.75 Å². The van der Waals surface area contributed by atoms with Gasteiger partial charge in [0.2, 0.25) is 0 Å². The van der Waals surface area contributed by atoms with Crippen molar-refractivity contribution in [1.82, 2.24) is 4.90 Å². The summed E-state index contributed by atoms with van der Waals surface area (Å²) in [7, 11) is 3.82. The Hall–Kier alpha value is -0.770. The SMILES string of the molecule is COc1cc(C2CC(CN)CN2C)cc(Cl)c1C. The monoisotopic (exact) mass is 268 g/mol. The molecule has 0 saturated carbocycles. The van der Waals surface area contributed by atoms with Crippen LogP contribution in [-0.2, 0) is 0 Å². The molecule has 18 heavy (non-hydrogen) atoms. The summed E-state index contributed by atoms with van der Waals surface area (Å²) in [5.74, 6) is 1.44. The lowest BCUT2D eigenvalue weighted by atomic mass is 9.98. The topological polar surface area (TPSA) is 38.5 Å². The van der Waals surface area contributed by atoms with E-state index in [2.05, 4.69) is 24.1 Å². The molecule has 1 aliphatic heterocycles. The first-order valence-electron chi connectivity index (χ1n) is 6.31. The highest BCUT2D eigenvalue weighted by Crippen LogP contribution is 2.38. The van der Waals surface area contributed by atoms with E-state index in [1.807, 2.05) is 6.92 Å². The zero-order valence-electron chi connectivity index (χ0n) is 11.2. The highest BCUT2D eigenvalue weighted by Gasteiger charge is 2.30. The van der Waals surface area contributed by atoms with Crippen LogP contribution in [-0.4, -0.2) is 32.1 Å². The van der Waals surface area contributed by atoms with Crippen molar-refractivity contribution in [3.05, 3.63) is 28.3 Å². The number of ether oxygens (including phenoxy) is 1. The molecule has 1 fully saturated rings. The first kappa shape index (κ1) is 13.7. The van der Waals surface area contributed by atoms with Crippen molar-refractivity contribution in [2.45, 2.75) is 19.4 Å². The summed E-state index contributed by atoms with van der Waals surface area (Å²) in [4.78, 5) is 2.35. The van der Waals surface area contributed by atoms with Crippen molar-refractivity contribution in [3.63, 3.8) is 0 Å². The van der Waals surface area contributed by atoms with Gasteiger partial charge in [-0.3, -0.25) is 4.90 Å². The highest BCUT2D eigenvalue weighted by atomic mass is 35.5. The van der Waals surface area contributed by atoms with Gasteiger partial charge in [0, 0.05) is 23.2 Å². The number of likely N-dealkylation sites (tertiary alicyclic amines) is 1. The Morgan fingerprint density at radius 2 is 2.22 bits per heavy atom. The van der Waals surface area contributed by atoms with Gasteiger partial charge in [0.15, 0.2) is 0 Å². The molecule has 0 radical (unpaired) electrons. The maximum Gasteiger partial charge on any atom is 0.123 e. The average Bonchev–Trinajstić information content (AvgIpc) is 2.74. The summed E-state index contributed by atoms with van der Waals surface area (Å²) in [6.45, 7) is 3.78. The van der Waals surface area contributed by atoms with Crippen LogP contribution in [0, 0.1) is 12.8 Å². The van der Waals surface area contributed by atoms with Gasteiger partial charge >= 0.3 is 0 Å². The van der Waals surface area contributed by atoms with Crippen molar-refractivity contribution >= 4 is 11.6 Å². The van der Waals surface area contributed by atoms with E-state index in [9.17, 15) is 0 Å². The molecular formula is C14H21ClN2O. The van der Waals surface area contributed by atoms with Crippen LogP contribution in [0.25, 0.3) is 0 Å². The quantitative estimate of drug-likeness (QED) is 0.916. The lowest BCUT2D eigenvalue weighted by molar-refractivity contribution is 0.312. The first-order valence-corrected chi connectivity index (χ1v) is 6.69. The summed E-state index contributed by atoms with van der Waals surface area (Å²) in [6, 6.07) is 4.55. The number of hydrogen-bond donors (Lipinski definition) is 1. The summed E-state index contributed by atoms with van der Waals surface area (Å²) in [5, 5.41) is 0.772. The zero-order chi connectivity index (χ0) is 13.3. The fraction of sp³-hybridized carbons (Fsp3) is 0.571. The molecule has 1 saturated heterocycles. The number of halogens is 1. The van der Waals surface area contributed by atoms with Gasteiger partial charge < -0.3 is 10.5 Å². The van der Waals surface area contributed by atoms with Gasteiger partial charge in [-0.05, 0) is 50.6 Å². The lowest BCUT2D eigenvalue weighted by Crippen LogP contribution is -2.20. The van der Waals surface area contributed by atoms with Crippen LogP contribution in [0.5, 0.6) is 5.75 Å². The summed E-state index contributed by atoms with van der Waals surface area (Å²) < 4.78 is 5.39. The Morgan fingerprint density at radius 1 is 1.50 bits per heavy atom. The van der Waals surface area contributed by atoms with Crippen molar-refractivity contribution < 1.29 is 4.74 Å². The molecule has 2 atom stereocenters. The maximum atomic E-state index is 6.27. The largest absolute Gasteiger partial charge is 0.496 e. The normalized spacial score (nSPS) is 24.5. The second-order valence-electron chi connectivity index (χ2n) is 5.12. The second kappa shape index (κ2) is 5.47. The van der Waals surface area contributed by atoms with Gasteiger partial charge in [-0.25, -0.2) is 0 Å². The molecule has 2 N–H and O–H groups in total. The van der Waals surface area contributed by atoms with E-state index in [-0.39, 0.29) is 0 Å². The van der Waals surface area contributed by atoms with Crippen molar-refractivity contribution in [2.75, 3.05) is 27.2 Å². The molecule has 3 nitrogen and oxygen atoms in total. The van der Waals surface area contributed by atoms with Gasteiger partial charge in [0.05, 0.1) is 7.11 Å². The third-order valence-corrected chi connectivity index (χ3v) is 4.28. The van der Waals surface area contributed by atoms with Gasteiger partial charge in [-0.1, -0.05) is 11.6 Å². The number of nitrogens with zero attached hydrogens (tertiary/aromatic N) is 1. The highest BCUT2D eigenvalue weighted by molar-refractivity contribution is 6.31. The zero-order valence-corrected chi connectivity index (χ0v) is 12.0. The third kappa shape index (κ3) is 2.48. The lowest BCUT2D eigenvalue weighted by Gasteiger charge is -2.21. The number of nitrogens with two attached hydrogens (primary N) is 1. The first-order chi connectivity index (χ1) is 8.56. The molecule has 2 rings (SSSR count). The van der Waals surface area contributed by atoms with Gasteiger partial charge in [0.1, 0.15) is 5.75 Å². The number of methoxy groups -OCH3 is 1. The van der Waals surface area contributed by atoms with Crippen LogP contribution in [0.4, 0.5) is 0 Å². The number of benzene rings is 1. The summed E-state index contributed by atoms with van der Waals surface area (Å²) in [5.41, 5.74) is 7.99. The Labute approximate surface area is 114 Å². The molecule has 100 valence electrons. The van der Waals surface area contributed by atoms with E-state index in [0.717, 1.165) is 35.8 Å². The Balaban J connectivity index is 2.31. The number of hydrogen-bond acceptors (Lipinski definition) is 3. The van der Waals surface area contributed by atoms with Crippen LogP contribution in [0.3, 0.4) is 0 Å². The number of rotatable bonds is 3. The van der Waals surface area contributed by atoms with Gasteiger partial charge in [-0.2, -0.15) is 0 Å². The molecule has 4 heteroatoms. The minimum Gasteiger partial charge on any atom is -0.496 e. The molecule has 0 aliphatic carbocycles. The minimum absolute atomic E-state index is 0.394. The van der Waals surface area contributed by atoms with Crippen LogP contribution in [0.1, 0.15) is 23.6 Å². The molecule has 0 amide bonds. The Bertz CT molecular complexity index is 436. The van der Waals surface area contributed by atoms with Crippen LogP contribution < -0.4 is 10.5 Å². The second-order valence-corrected chi connectivity index (χ2v) is 5.53. The van der Waals surface area contributed by atoms with Gasteiger partial charge in [-0.15, -0.1) is 0 Å². The molecule has 0 spiro atoms.